The highest BCUT2D eigenvalue weighted by Gasteiger charge is 2.43. The van der Waals surface area contributed by atoms with Crippen molar-refractivity contribution >= 4 is 0 Å². The first-order valence-corrected chi connectivity index (χ1v) is 10.7. The molecule has 4 aliphatic rings. The summed E-state index contributed by atoms with van der Waals surface area (Å²) in [6, 6.07) is 0. The highest BCUT2D eigenvalue weighted by atomic mass is 16.3. The molecular formula is C20H37N3O2. The summed E-state index contributed by atoms with van der Waals surface area (Å²) in [4.78, 5) is 2.58. The molecule has 25 heavy (non-hydrogen) atoms. The van der Waals surface area contributed by atoms with Crippen molar-refractivity contribution in [3.05, 3.63) is 0 Å². The van der Waals surface area contributed by atoms with Gasteiger partial charge < -0.3 is 25.7 Å². The van der Waals surface area contributed by atoms with E-state index < -0.39 is 0 Å². The average Bonchev–Trinajstić information content (AvgIpc) is 3.07. The predicted octanol–water partition coefficient (Wildman–Crippen LogP) is 1.01. The Bertz CT molecular complexity index is 435. The molecule has 0 aromatic heterocycles. The van der Waals surface area contributed by atoms with E-state index in [1.165, 1.54) is 38.5 Å². The first-order valence-electron chi connectivity index (χ1n) is 10.7. The third-order valence-electron chi connectivity index (χ3n) is 7.50. The molecule has 3 aliphatic heterocycles. The number of piperidine rings is 2. The molecule has 5 nitrogen and oxygen atoms in total. The van der Waals surface area contributed by atoms with Crippen LogP contribution in [0.5, 0.6) is 0 Å². The predicted molar refractivity (Wildman–Crippen MR) is 99.1 cm³/mol. The Morgan fingerprint density at radius 2 is 1.84 bits per heavy atom. The Balaban J connectivity index is 1.40. The fraction of sp³-hybridized carbons (Fsp3) is 1.00. The summed E-state index contributed by atoms with van der Waals surface area (Å²) >= 11 is 0. The number of hydrogen-bond donors (Lipinski definition) is 4. The number of nitrogens with zero attached hydrogens (tertiary/aromatic N) is 1. The normalized spacial score (nSPS) is 46.1. The molecule has 0 amide bonds. The highest BCUT2D eigenvalue weighted by Crippen LogP contribution is 2.39. The van der Waals surface area contributed by atoms with Crippen LogP contribution in [0.15, 0.2) is 0 Å². The van der Waals surface area contributed by atoms with Crippen LogP contribution in [0.2, 0.25) is 0 Å². The average molecular weight is 352 g/mol. The number of nitrogens with one attached hydrogen (secondary N) is 2. The van der Waals surface area contributed by atoms with Gasteiger partial charge in [-0.15, -0.1) is 0 Å². The number of hydrogen-bond acceptors (Lipinski definition) is 5. The fourth-order valence-electron chi connectivity index (χ4n) is 6.20. The monoisotopic (exact) mass is 351 g/mol. The van der Waals surface area contributed by atoms with Gasteiger partial charge in [0.25, 0.3) is 0 Å². The summed E-state index contributed by atoms with van der Waals surface area (Å²) in [6.45, 7) is 5.80. The molecule has 0 bridgehead atoms. The van der Waals surface area contributed by atoms with Gasteiger partial charge in [0.15, 0.2) is 0 Å². The quantitative estimate of drug-likeness (QED) is 0.609. The van der Waals surface area contributed by atoms with Crippen LogP contribution in [0.3, 0.4) is 0 Å². The van der Waals surface area contributed by atoms with E-state index in [-0.39, 0.29) is 6.10 Å². The molecule has 3 heterocycles. The summed E-state index contributed by atoms with van der Waals surface area (Å²) in [7, 11) is 0. The topological polar surface area (TPSA) is 67.8 Å². The molecule has 5 heteroatoms. The maximum atomic E-state index is 10.4. The molecule has 0 radical (unpaired) electrons. The molecule has 4 rings (SSSR count). The first-order chi connectivity index (χ1) is 12.2. The molecule has 4 fully saturated rings. The number of aliphatic hydroxyl groups is 2. The van der Waals surface area contributed by atoms with Gasteiger partial charge in [0, 0.05) is 32.8 Å². The van der Waals surface area contributed by atoms with Gasteiger partial charge in [-0.2, -0.15) is 0 Å². The minimum atomic E-state index is -0.109. The zero-order chi connectivity index (χ0) is 17.2. The van der Waals surface area contributed by atoms with Crippen LogP contribution in [0.4, 0.5) is 0 Å². The molecule has 0 aromatic rings. The molecule has 1 aliphatic carbocycles. The van der Waals surface area contributed by atoms with Gasteiger partial charge in [-0.1, -0.05) is 12.8 Å². The van der Waals surface area contributed by atoms with Gasteiger partial charge >= 0.3 is 0 Å². The van der Waals surface area contributed by atoms with E-state index >= 15 is 0 Å². The lowest BCUT2D eigenvalue weighted by Crippen LogP contribution is -2.49. The Labute approximate surface area is 152 Å². The van der Waals surface area contributed by atoms with Crippen molar-refractivity contribution in [2.45, 2.75) is 57.2 Å². The first kappa shape index (κ1) is 18.2. The Morgan fingerprint density at radius 3 is 2.68 bits per heavy atom. The molecule has 7 atom stereocenters. The van der Waals surface area contributed by atoms with E-state index in [2.05, 4.69) is 15.5 Å². The van der Waals surface area contributed by atoms with Gasteiger partial charge in [-0.05, 0) is 68.2 Å². The molecule has 5 unspecified atom stereocenters. The summed E-state index contributed by atoms with van der Waals surface area (Å²) in [6.07, 6.45) is 8.83. The number of aliphatic hydroxyl groups excluding tert-OH is 2. The molecular weight excluding hydrogens is 314 g/mol. The lowest BCUT2D eigenvalue weighted by Gasteiger charge is -2.44. The second-order valence-electron chi connectivity index (χ2n) is 9.18. The lowest BCUT2D eigenvalue weighted by atomic mass is 9.73. The number of likely N-dealkylation sites (tertiary alicyclic amines) is 1. The zero-order valence-corrected chi connectivity index (χ0v) is 15.6. The maximum Gasteiger partial charge on any atom is 0.0604 e. The van der Waals surface area contributed by atoms with E-state index in [4.69, 9.17) is 0 Å². The largest absolute Gasteiger partial charge is 0.396 e. The Morgan fingerprint density at radius 1 is 0.960 bits per heavy atom. The minimum absolute atomic E-state index is 0.109. The molecule has 0 spiro atoms. The third-order valence-corrected chi connectivity index (χ3v) is 7.50. The van der Waals surface area contributed by atoms with Crippen molar-refractivity contribution in [1.29, 1.82) is 0 Å². The molecule has 144 valence electrons. The van der Waals surface area contributed by atoms with Crippen LogP contribution in [0.1, 0.15) is 44.9 Å². The van der Waals surface area contributed by atoms with E-state index in [1.807, 2.05) is 0 Å². The van der Waals surface area contributed by atoms with Crippen LogP contribution >= 0.6 is 0 Å². The van der Waals surface area contributed by atoms with E-state index in [1.54, 1.807) is 0 Å². The Kier molecular flexibility index (Phi) is 5.98. The molecule has 4 N–H and O–H groups in total. The van der Waals surface area contributed by atoms with Crippen LogP contribution < -0.4 is 10.6 Å². The highest BCUT2D eigenvalue weighted by molar-refractivity contribution is 4.97. The number of fused-ring (bicyclic) bond motifs is 1. The second kappa shape index (κ2) is 8.22. The number of rotatable bonds is 4. The molecule has 1 saturated carbocycles. The van der Waals surface area contributed by atoms with Crippen molar-refractivity contribution in [2.75, 3.05) is 39.3 Å². The van der Waals surface area contributed by atoms with Gasteiger partial charge in [0.05, 0.1) is 12.3 Å². The van der Waals surface area contributed by atoms with Crippen molar-refractivity contribution in [3.63, 3.8) is 0 Å². The second-order valence-corrected chi connectivity index (χ2v) is 9.18. The van der Waals surface area contributed by atoms with Crippen molar-refractivity contribution in [2.24, 2.45) is 29.6 Å². The van der Waals surface area contributed by atoms with E-state index in [0.717, 1.165) is 51.0 Å². The van der Waals surface area contributed by atoms with Crippen LogP contribution in [-0.2, 0) is 0 Å². The summed E-state index contributed by atoms with van der Waals surface area (Å²) in [5.41, 5.74) is 0. The van der Waals surface area contributed by atoms with Gasteiger partial charge in [0.2, 0.25) is 0 Å². The van der Waals surface area contributed by atoms with Crippen LogP contribution in [0.25, 0.3) is 0 Å². The fourth-order valence-corrected chi connectivity index (χ4v) is 6.20. The minimum Gasteiger partial charge on any atom is -0.396 e. The van der Waals surface area contributed by atoms with Crippen molar-refractivity contribution < 1.29 is 10.2 Å². The zero-order valence-electron chi connectivity index (χ0n) is 15.6. The molecule has 3 saturated heterocycles. The van der Waals surface area contributed by atoms with Gasteiger partial charge in [-0.25, -0.2) is 0 Å². The summed E-state index contributed by atoms with van der Waals surface area (Å²) in [5, 5.41) is 27.6. The summed E-state index contributed by atoms with van der Waals surface area (Å²) in [5.74, 6) is 3.05. The summed E-state index contributed by atoms with van der Waals surface area (Å²) < 4.78 is 0. The lowest BCUT2D eigenvalue weighted by molar-refractivity contribution is 0.00566. The smallest absolute Gasteiger partial charge is 0.0604 e. The van der Waals surface area contributed by atoms with E-state index in [0.29, 0.717) is 30.5 Å². The van der Waals surface area contributed by atoms with Crippen LogP contribution in [-0.4, -0.2) is 66.7 Å². The standard InChI is InChI=1S/C20H37N3O2/c24-13-14-8-16(18-9-22-20-17(18)5-3-7-21-20)12-23(10-14)11-15-4-1-2-6-19(15)25/h14-22,24-25H,1-13H2/t14-,15?,16?,17?,18+,19?,20?/m0/s1. The van der Waals surface area contributed by atoms with Crippen molar-refractivity contribution in [1.82, 2.24) is 15.5 Å². The Hall–Kier alpha value is -0.200. The third kappa shape index (κ3) is 4.06. The molecule has 0 aromatic carbocycles. The van der Waals surface area contributed by atoms with Crippen molar-refractivity contribution in [3.8, 4) is 0 Å². The SMILES string of the molecule is OC[C@H]1CC([C@H]2CNC3NCCCC32)CN(CC2CCCCC2O)C1. The van der Waals surface area contributed by atoms with E-state index in [9.17, 15) is 10.2 Å². The van der Waals surface area contributed by atoms with Crippen LogP contribution in [0, 0.1) is 29.6 Å². The maximum absolute atomic E-state index is 10.4. The van der Waals surface area contributed by atoms with Gasteiger partial charge in [-0.3, -0.25) is 0 Å². The van der Waals surface area contributed by atoms with Gasteiger partial charge in [0.1, 0.15) is 0 Å².